The van der Waals surface area contributed by atoms with Crippen LogP contribution in [0.15, 0.2) is 0 Å². The molecule has 0 aliphatic rings. The fourth-order valence-corrected chi connectivity index (χ4v) is 8.60. The average molecular weight is 193 g/mol. The second-order valence-corrected chi connectivity index (χ2v) is 11.0. The second-order valence-electron chi connectivity index (χ2n) is 4.83. The number of rotatable bonds is 4. The summed E-state index contributed by atoms with van der Waals surface area (Å²) in [4.78, 5) is 0. The van der Waals surface area contributed by atoms with Gasteiger partial charge in [0.25, 0.3) is 0 Å². The zero-order chi connectivity index (χ0) is 9.94. The van der Waals surface area contributed by atoms with Gasteiger partial charge in [-0.25, -0.2) is 0 Å². The third-order valence-corrected chi connectivity index (χ3v) is 11.0. The van der Waals surface area contributed by atoms with Crippen molar-refractivity contribution in [2.24, 2.45) is 0 Å². The van der Waals surface area contributed by atoms with Crippen molar-refractivity contribution in [1.29, 1.82) is 0 Å². The van der Waals surface area contributed by atoms with Gasteiger partial charge in [-0.15, -0.1) is 0 Å². The summed E-state index contributed by atoms with van der Waals surface area (Å²) in [7, 11) is -1.11. The van der Waals surface area contributed by atoms with Crippen LogP contribution in [0.4, 0.5) is 0 Å². The third-order valence-electron chi connectivity index (χ3n) is 3.66. The molecule has 0 spiro atoms. The van der Waals surface area contributed by atoms with Gasteiger partial charge in [-0.1, -0.05) is 71.1 Å². The molecule has 0 bridgehead atoms. The molecule has 0 fully saturated rings. The average Bonchev–Trinajstić information content (AvgIpc) is 1.86. The Morgan fingerprint density at radius 1 is 0.846 bits per heavy atom. The van der Waals surface area contributed by atoms with E-state index in [0.717, 1.165) is 16.6 Å². The molecule has 0 rings (SSSR count). The Morgan fingerprint density at radius 2 is 1.08 bits per heavy atom. The molecule has 0 N–H and O–H groups in total. The zero-order valence-corrected chi connectivity index (χ0v) is 10.6. The fraction of sp³-hybridized carbons (Fsp3) is 0.909. The molecule has 75 valence electrons. The molecule has 0 saturated carbocycles. The molecule has 0 aromatic carbocycles. The van der Waals surface area contributed by atoms with Crippen LogP contribution in [0.3, 0.4) is 0 Å². The van der Waals surface area contributed by atoms with Gasteiger partial charge in [-0.2, -0.15) is 0 Å². The minimum atomic E-state index is -1.11. The maximum absolute atomic E-state index is 4.18. The Labute approximate surface area is 98.1 Å². The maximum atomic E-state index is 4.18. The van der Waals surface area contributed by atoms with Crippen LogP contribution < -0.4 is 0 Å². The summed E-state index contributed by atoms with van der Waals surface area (Å²) in [5.41, 5.74) is 2.61. The van der Waals surface area contributed by atoms with Crippen LogP contribution in [-0.2, 0) is 0 Å². The molecule has 0 aromatic rings. The van der Waals surface area contributed by atoms with E-state index in [4.69, 9.17) is 0 Å². The van der Waals surface area contributed by atoms with Crippen molar-refractivity contribution in [1.82, 2.24) is 0 Å². The third kappa shape index (κ3) is 3.15. The molecule has 0 nitrogen and oxygen atoms in total. The molecule has 0 unspecified atom stereocenters. The molecule has 0 aliphatic heterocycles. The summed E-state index contributed by atoms with van der Waals surface area (Å²) in [6.45, 7) is 18.5. The van der Waals surface area contributed by atoms with Crippen molar-refractivity contribution in [2.75, 3.05) is 0 Å². The van der Waals surface area contributed by atoms with Gasteiger partial charge in [0.05, 0.1) is 8.07 Å². The van der Waals surface area contributed by atoms with E-state index in [9.17, 15) is 0 Å². The molecule has 0 aliphatic carbocycles. The van der Waals surface area contributed by atoms with Crippen LogP contribution in [-0.4, -0.2) is 26.9 Å². The van der Waals surface area contributed by atoms with Crippen molar-refractivity contribution in [2.45, 2.75) is 64.2 Å². The van der Waals surface area contributed by atoms with E-state index >= 15 is 0 Å². The summed E-state index contributed by atoms with van der Waals surface area (Å²) < 4.78 is 0. The van der Waals surface area contributed by atoms with Crippen LogP contribution in [0.2, 0.25) is 22.7 Å². The Bertz CT molecular complexity index is 108. The predicted octanol–water partition coefficient (Wildman–Crippen LogP) is 3.85. The monoisotopic (exact) mass is 193 g/mol. The van der Waals surface area contributed by atoms with Gasteiger partial charge in [-0.3, -0.25) is 0 Å². The van der Waals surface area contributed by atoms with Gasteiger partial charge in [0.1, 0.15) is 0 Å². The first-order valence-corrected chi connectivity index (χ1v) is 7.62. The first kappa shape index (κ1) is 16.3. The van der Waals surface area contributed by atoms with Crippen LogP contribution in [0.5, 0.6) is 0 Å². The van der Waals surface area contributed by atoms with Gasteiger partial charge < -0.3 is 0 Å². The molecule has 0 aromatic heterocycles. The Hall–Kier alpha value is 0.814. The Balaban J connectivity index is 0. The summed E-state index contributed by atoms with van der Waals surface area (Å²) in [6, 6.07) is 1.19. The molecule has 2 heteroatoms. The van der Waals surface area contributed by atoms with Gasteiger partial charge in [-0.05, 0) is 0 Å². The van der Waals surface area contributed by atoms with Crippen molar-refractivity contribution < 1.29 is 0 Å². The van der Waals surface area contributed by atoms with Crippen LogP contribution >= 0.6 is 0 Å². The fourth-order valence-electron chi connectivity index (χ4n) is 2.87. The van der Waals surface area contributed by atoms with Gasteiger partial charge in [0, 0.05) is 0 Å². The Morgan fingerprint density at radius 3 is 1.08 bits per heavy atom. The molecule has 0 amide bonds. The van der Waals surface area contributed by atoms with Gasteiger partial charge in [0.15, 0.2) is 0 Å². The van der Waals surface area contributed by atoms with Crippen LogP contribution in [0.25, 0.3) is 0 Å². The molecule has 0 heterocycles. The van der Waals surface area contributed by atoms with Crippen LogP contribution in [0, 0.1) is 6.92 Å². The van der Waals surface area contributed by atoms with Crippen LogP contribution in [0.1, 0.15) is 41.5 Å². The van der Waals surface area contributed by atoms with E-state index in [0.29, 0.717) is 0 Å². The van der Waals surface area contributed by atoms with Gasteiger partial charge in [0.2, 0.25) is 0 Å². The van der Waals surface area contributed by atoms with E-state index in [-0.39, 0.29) is 18.9 Å². The second kappa shape index (κ2) is 6.33. The normalized spacial score (nSPS) is 12.5. The van der Waals surface area contributed by atoms with E-state index in [2.05, 4.69) is 48.5 Å². The molecule has 1 radical (unpaired) electrons. The standard InChI is InChI=1S/C11H25Si.Li.H/c1-8-12(9(2)3,10(4)5)11(6)7;;/h9-11H,1,8H2,2-7H3;;. The van der Waals surface area contributed by atoms with E-state index in [1.165, 1.54) is 6.04 Å². The quantitative estimate of drug-likeness (QED) is 0.595. The molecule has 13 heavy (non-hydrogen) atoms. The zero-order valence-electron chi connectivity index (χ0n) is 9.65. The molecular weight excluding hydrogens is 167 g/mol. The van der Waals surface area contributed by atoms with E-state index in [1.807, 2.05) is 0 Å². The Kier molecular flexibility index (Phi) is 7.91. The number of hydrogen-bond acceptors (Lipinski definition) is 0. The SMILES string of the molecule is [CH2]C[Si](C(C)C)(C(C)C)C(C)C.[LiH]. The summed E-state index contributed by atoms with van der Waals surface area (Å²) in [5.74, 6) is 0. The summed E-state index contributed by atoms with van der Waals surface area (Å²) >= 11 is 0. The molecule has 0 atom stereocenters. The molecular formula is C11H26LiSi. The number of hydrogen-bond donors (Lipinski definition) is 0. The minimum absolute atomic E-state index is 0. The summed E-state index contributed by atoms with van der Waals surface area (Å²) in [6.07, 6.45) is 0. The predicted molar refractivity (Wildman–Crippen MR) is 68.4 cm³/mol. The van der Waals surface area contributed by atoms with Crippen molar-refractivity contribution >= 4 is 26.9 Å². The first-order valence-electron chi connectivity index (χ1n) is 5.18. The van der Waals surface area contributed by atoms with Crippen molar-refractivity contribution in [3.8, 4) is 0 Å². The van der Waals surface area contributed by atoms with Crippen molar-refractivity contribution in [3.63, 3.8) is 0 Å². The molecule has 0 saturated heterocycles. The van der Waals surface area contributed by atoms with E-state index < -0.39 is 8.07 Å². The van der Waals surface area contributed by atoms with Crippen molar-refractivity contribution in [3.05, 3.63) is 6.92 Å². The summed E-state index contributed by atoms with van der Waals surface area (Å²) in [5, 5.41) is 0. The van der Waals surface area contributed by atoms with E-state index in [1.54, 1.807) is 0 Å². The topological polar surface area (TPSA) is 0 Å². The first-order chi connectivity index (χ1) is 5.39. The van der Waals surface area contributed by atoms with Gasteiger partial charge >= 0.3 is 18.9 Å².